The summed E-state index contributed by atoms with van der Waals surface area (Å²) in [5, 5.41) is 3.17. The van der Waals surface area contributed by atoms with Crippen molar-refractivity contribution in [3.63, 3.8) is 0 Å². The molecule has 21 heavy (non-hydrogen) atoms. The van der Waals surface area contributed by atoms with Gasteiger partial charge in [0.2, 0.25) is 0 Å². The van der Waals surface area contributed by atoms with Gasteiger partial charge in [0.05, 0.1) is 13.0 Å². The Morgan fingerprint density at radius 1 is 1.05 bits per heavy atom. The van der Waals surface area contributed by atoms with Crippen molar-refractivity contribution >= 4 is 5.97 Å². The number of hydrogen-bond acceptors (Lipinski definition) is 3. The molecule has 0 radical (unpaired) electrons. The zero-order valence-corrected chi connectivity index (χ0v) is 12.5. The summed E-state index contributed by atoms with van der Waals surface area (Å²) in [6, 6.07) is 18.5. The summed E-state index contributed by atoms with van der Waals surface area (Å²) in [6.07, 6.45) is 0.342. The highest BCUT2D eigenvalue weighted by molar-refractivity contribution is 5.70. The molecule has 3 nitrogen and oxygen atoms in total. The number of carbonyl (C=O) groups is 1. The van der Waals surface area contributed by atoms with E-state index >= 15 is 0 Å². The summed E-state index contributed by atoms with van der Waals surface area (Å²) in [5.41, 5.74) is 3.45. The first-order chi connectivity index (χ1) is 10.2. The third-order valence-corrected chi connectivity index (χ3v) is 3.44. The van der Waals surface area contributed by atoms with Crippen molar-refractivity contribution in [2.45, 2.75) is 19.4 Å². The fourth-order valence-corrected chi connectivity index (χ4v) is 2.31. The number of nitrogens with one attached hydrogen (secondary N) is 1. The average Bonchev–Trinajstić information content (AvgIpc) is 2.54. The molecule has 0 aliphatic heterocycles. The van der Waals surface area contributed by atoms with Crippen molar-refractivity contribution in [2.75, 3.05) is 13.7 Å². The minimum atomic E-state index is -0.177. The van der Waals surface area contributed by atoms with Crippen LogP contribution in [0.1, 0.15) is 24.9 Å². The molecule has 110 valence electrons. The van der Waals surface area contributed by atoms with Gasteiger partial charge < -0.3 is 10.1 Å². The van der Waals surface area contributed by atoms with Crippen molar-refractivity contribution in [3.05, 3.63) is 60.2 Å². The summed E-state index contributed by atoms with van der Waals surface area (Å²) in [6.45, 7) is 2.24. The molecule has 0 aromatic heterocycles. The molecule has 0 saturated heterocycles. The molecule has 1 atom stereocenters. The summed E-state index contributed by atoms with van der Waals surface area (Å²) < 4.78 is 5.01. The van der Waals surface area contributed by atoms with E-state index in [-0.39, 0.29) is 12.0 Å². The summed E-state index contributed by atoms with van der Waals surface area (Å²) >= 11 is 0. The number of rotatable bonds is 6. The van der Waals surface area contributed by atoms with Crippen LogP contribution >= 0.6 is 0 Å². The first-order valence-corrected chi connectivity index (χ1v) is 7.23. The van der Waals surface area contributed by atoms with Crippen molar-refractivity contribution in [3.8, 4) is 11.1 Å². The van der Waals surface area contributed by atoms with Crippen LogP contribution in [0.4, 0.5) is 0 Å². The molecule has 2 aromatic rings. The molecule has 2 aromatic carbocycles. The van der Waals surface area contributed by atoms with E-state index in [1.165, 1.54) is 11.1 Å². The molecule has 0 bridgehead atoms. The van der Waals surface area contributed by atoms with Crippen molar-refractivity contribution in [1.82, 2.24) is 5.32 Å². The summed E-state index contributed by atoms with van der Waals surface area (Å²) in [7, 11) is 1.86. The van der Waals surface area contributed by atoms with Gasteiger partial charge in [0.25, 0.3) is 0 Å². The fourth-order valence-electron chi connectivity index (χ4n) is 2.31. The lowest BCUT2D eigenvalue weighted by Crippen LogP contribution is -2.21. The highest BCUT2D eigenvalue weighted by atomic mass is 16.5. The molecule has 0 amide bonds. The van der Waals surface area contributed by atoms with Gasteiger partial charge in [0.1, 0.15) is 0 Å². The second-order valence-corrected chi connectivity index (χ2v) is 4.84. The van der Waals surface area contributed by atoms with E-state index in [1.54, 1.807) is 0 Å². The lowest BCUT2D eigenvalue weighted by molar-refractivity contribution is -0.143. The predicted octanol–water partition coefficient (Wildman–Crippen LogP) is 3.57. The maximum Gasteiger partial charge on any atom is 0.307 e. The van der Waals surface area contributed by atoms with Crippen LogP contribution < -0.4 is 5.32 Å². The van der Waals surface area contributed by atoms with E-state index in [9.17, 15) is 4.79 Å². The standard InChI is InChI=1S/C18H21NO2/c1-3-21-18(20)13-17(19-2)16-11-9-15(10-12-16)14-7-5-4-6-8-14/h4-12,17,19H,3,13H2,1-2H3. The molecular formula is C18H21NO2. The van der Waals surface area contributed by atoms with E-state index in [1.807, 2.05) is 32.2 Å². The molecule has 1 N–H and O–H groups in total. The molecule has 2 rings (SSSR count). The highest BCUT2D eigenvalue weighted by Crippen LogP contribution is 2.23. The lowest BCUT2D eigenvalue weighted by atomic mass is 9.99. The molecule has 3 heteroatoms. The number of hydrogen-bond donors (Lipinski definition) is 1. The van der Waals surface area contributed by atoms with Gasteiger partial charge in [-0.2, -0.15) is 0 Å². The van der Waals surface area contributed by atoms with Crippen LogP contribution in [0.5, 0.6) is 0 Å². The van der Waals surface area contributed by atoms with Crippen molar-refractivity contribution in [2.24, 2.45) is 0 Å². The van der Waals surface area contributed by atoms with Gasteiger partial charge in [-0.25, -0.2) is 0 Å². The van der Waals surface area contributed by atoms with Crippen LogP contribution in [-0.4, -0.2) is 19.6 Å². The fraction of sp³-hybridized carbons (Fsp3) is 0.278. The second kappa shape index (κ2) is 7.60. The van der Waals surface area contributed by atoms with Gasteiger partial charge >= 0.3 is 5.97 Å². The molecular weight excluding hydrogens is 262 g/mol. The maximum atomic E-state index is 11.6. The molecule has 0 aliphatic rings. The Labute approximate surface area is 126 Å². The number of benzene rings is 2. The smallest absolute Gasteiger partial charge is 0.307 e. The van der Waals surface area contributed by atoms with E-state index in [2.05, 4.69) is 41.7 Å². The first kappa shape index (κ1) is 15.3. The number of ether oxygens (including phenoxy) is 1. The SMILES string of the molecule is CCOC(=O)CC(NC)c1ccc(-c2ccccc2)cc1. The van der Waals surface area contributed by atoms with E-state index in [0.717, 1.165) is 5.56 Å². The van der Waals surface area contributed by atoms with E-state index < -0.39 is 0 Å². The monoisotopic (exact) mass is 283 g/mol. The zero-order valence-electron chi connectivity index (χ0n) is 12.5. The number of esters is 1. The van der Waals surface area contributed by atoms with Crippen LogP contribution in [-0.2, 0) is 9.53 Å². The highest BCUT2D eigenvalue weighted by Gasteiger charge is 2.14. The van der Waals surface area contributed by atoms with E-state index in [4.69, 9.17) is 4.74 Å². The zero-order chi connectivity index (χ0) is 15.1. The Balaban J connectivity index is 2.11. The Morgan fingerprint density at radius 3 is 2.24 bits per heavy atom. The Bertz CT molecular complexity index is 564. The Kier molecular flexibility index (Phi) is 5.52. The van der Waals surface area contributed by atoms with Crippen LogP contribution in [0, 0.1) is 0 Å². The van der Waals surface area contributed by atoms with Crippen LogP contribution in [0.25, 0.3) is 11.1 Å². The van der Waals surface area contributed by atoms with Crippen LogP contribution in [0.15, 0.2) is 54.6 Å². The lowest BCUT2D eigenvalue weighted by Gasteiger charge is -2.16. The topological polar surface area (TPSA) is 38.3 Å². The van der Waals surface area contributed by atoms with Gasteiger partial charge in [-0.05, 0) is 30.7 Å². The maximum absolute atomic E-state index is 11.6. The van der Waals surface area contributed by atoms with Crippen molar-refractivity contribution < 1.29 is 9.53 Å². The van der Waals surface area contributed by atoms with Crippen LogP contribution in [0.3, 0.4) is 0 Å². The number of carbonyl (C=O) groups excluding carboxylic acids is 1. The van der Waals surface area contributed by atoms with Gasteiger partial charge in [-0.3, -0.25) is 4.79 Å². The summed E-state index contributed by atoms with van der Waals surface area (Å²) in [5.74, 6) is -0.177. The van der Waals surface area contributed by atoms with E-state index in [0.29, 0.717) is 13.0 Å². The molecule has 0 aliphatic carbocycles. The Morgan fingerprint density at radius 2 is 1.67 bits per heavy atom. The predicted molar refractivity (Wildman–Crippen MR) is 84.9 cm³/mol. The van der Waals surface area contributed by atoms with Gasteiger partial charge in [0.15, 0.2) is 0 Å². The quantitative estimate of drug-likeness (QED) is 0.824. The third kappa shape index (κ3) is 4.17. The molecule has 0 heterocycles. The van der Waals surface area contributed by atoms with Gasteiger partial charge in [-0.1, -0.05) is 54.6 Å². The molecule has 0 fully saturated rings. The normalized spacial score (nSPS) is 11.9. The molecule has 1 unspecified atom stereocenters. The van der Waals surface area contributed by atoms with Crippen molar-refractivity contribution in [1.29, 1.82) is 0 Å². The summed E-state index contributed by atoms with van der Waals surface area (Å²) in [4.78, 5) is 11.6. The minimum Gasteiger partial charge on any atom is -0.466 e. The second-order valence-electron chi connectivity index (χ2n) is 4.84. The van der Waals surface area contributed by atoms with Crippen LogP contribution in [0.2, 0.25) is 0 Å². The van der Waals surface area contributed by atoms with Gasteiger partial charge in [0, 0.05) is 6.04 Å². The molecule has 0 saturated carbocycles. The minimum absolute atomic E-state index is 0.0196. The van der Waals surface area contributed by atoms with Gasteiger partial charge in [-0.15, -0.1) is 0 Å². The average molecular weight is 283 g/mol. The first-order valence-electron chi connectivity index (χ1n) is 7.23. The third-order valence-electron chi connectivity index (χ3n) is 3.44. The Hall–Kier alpha value is -2.13. The molecule has 0 spiro atoms. The largest absolute Gasteiger partial charge is 0.466 e.